The molecule has 20 heavy (non-hydrogen) atoms. The van der Waals surface area contributed by atoms with Crippen molar-refractivity contribution in [1.82, 2.24) is 9.78 Å². The standard InChI is InChI=1S/C15H19BrClN3/c1-4-12-14(17)13(20(3)19-12)9-15(2,18)10-6-5-7-11(16)8-10/h5-8H,4,9,18H2,1-3H3. The van der Waals surface area contributed by atoms with Gasteiger partial charge in [-0.2, -0.15) is 5.10 Å². The van der Waals surface area contributed by atoms with Gasteiger partial charge in [-0.3, -0.25) is 4.68 Å². The molecule has 2 N–H and O–H groups in total. The molecule has 0 amide bonds. The molecule has 2 aromatic rings. The average Bonchev–Trinajstić information content (AvgIpc) is 2.66. The largest absolute Gasteiger partial charge is 0.321 e. The monoisotopic (exact) mass is 355 g/mol. The summed E-state index contributed by atoms with van der Waals surface area (Å²) >= 11 is 9.89. The van der Waals surface area contributed by atoms with Gasteiger partial charge in [-0.1, -0.05) is 46.6 Å². The van der Waals surface area contributed by atoms with Crippen LogP contribution in [0.5, 0.6) is 0 Å². The summed E-state index contributed by atoms with van der Waals surface area (Å²) in [5.41, 5.74) is 8.99. The highest BCUT2D eigenvalue weighted by molar-refractivity contribution is 9.10. The summed E-state index contributed by atoms with van der Waals surface area (Å²) in [6.07, 6.45) is 1.47. The van der Waals surface area contributed by atoms with Gasteiger partial charge in [-0.25, -0.2) is 0 Å². The Bertz CT molecular complexity index is 620. The molecule has 0 saturated carbocycles. The minimum atomic E-state index is -0.494. The van der Waals surface area contributed by atoms with E-state index in [2.05, 4.69) is 21.0 Å². The van der Waals surface area contributed by atoms with E-state index in [1.165, 1.54) is 0 Å². The summed E-state index contributed by atoms with van der Waals surface area (Å²) in [4.78, 5) is 0. The number of nitrogens with two attached hydrogens (primary N) is 1. The molecule has 1 atom stereocenters. The average molecular weight is 357 g/mol. The second kappa shape index (κ2) is 5.88. The van der Waals surface area contributed by atoms with Gasteiger partial charge in [-0.05, 0) is 31.0 Å². The van der Waals surface area contributed by atoms with Crippen LogP contribution in [0.15, 0.2) is 28.7 Å². The highest BCUT2D eigenvalue weighted by Gasteiger charge is 2.26. The van der Waals surface area contributed by atoms with Gasteiger partial charge in [0.05, 0.1) is 16.4 Å². The molecule has 0 aliphatic carbocycles. The smallest absolute Gasteiger partial charge is 0.0850 e. The fraction of sp³-hybridized carbons (Fsp3) is 0.400. The fourth-order valence-electron chi connectivity index (χ4n) is 2.31. The van der Waals surface area contributed by atoms with E-state index >= 15 is 0 Å². The maximum Gasteiger partial charge on any atom is 0.0850 e. The van der Waals surface area contributed by atoms with E-state index < -0.39 is 5.54 Å². The lowest BCUT2D eigenvalue weighted by Crippen LogP contribution is -2.36. The van der Waals surface area contributed by atoms with Gasteiger partial charge in [0.2, 0.25) is 0 Å². The Morgan fingerprint density at radius 2 is 2.15 bits per heavy atom. The van der Waals surface area contributed by atoms with Gasteiger partial charge in [0.15, 0.2) is 0 Å². The second-order valence-corrected chi connectivity index (χ2v) is 6.58. The van der Waals surface area contributed by atoms with Gasteiger partial charge in [0.1, 0.15) is 0 Å². The third-order valence-electron chi connectivity index (χ3n) is 3.52. The molecule has 1 heterocycles. The molecule has 0 fully saturated rings. The third-order valence-corrected chi connectivity index (χ3v) is 4.45. The van der Waals surface area contributed by atoms with Crippen LogP contribution in [0.2, 0.25) is 5.02 Å². The van der Waals surface area contributed by atoms with Crippen LogP contribution >= 0.6 is 27.5 Å². The van der Waals surface area contributed by atoms with Gasteiger partial charge < -0.3 is 5.73 Å². The van der Waals surface area contributed by atoms with Crippen molar-refractivity contribution >= 4 is 27.5 Å². The van der Waals surface area contributed by atoms with Gasteiger partial charge in [0.25, 0.3) is 0 Å². The van der Waals surface area contributed by atoms with E-state index in [9.17, 15) is 0 Å². The maximum atomic E-state index is 6.51. The van der Waals surface area contributed by atoms with Crippen molar-refractivity contribution in [2.24, 2.45) is 12.8 Å². The summed E-state index contributed by atoms with van der Waals surface area (Å²) in [5, 5.41) is 5.18. The lowest BCUT2D eigenvalue weighted by Gasteiger charge is -2.25. The zero-order valence-corrected chi connectivity index (χ0v) is 14.3. The number of aromatic nitrogens is 2. The molecule has 0 spiro atoms. The first-order valence-corrected chi connectivity index (χ1v) is 7.77. The van der Waals surface area contributed by atoms with Crippen molar-refractivity contribution in [1.29, 1.82) is 0 Å². The predicted molar refractivity (Wildman–Crippen MR) is 87.0 cm³/mol. The number of hydrogen-bond acceptors (Lipinski definition) is 2. The molecular weight excluding hydrogens is 338 g/mol. The first kappa shape index (κ1) is 15.5. The van der Waals surface area contributed by atoms with E-state index in [-0.39, 0.29) is 0 Å². The summed E-state index contributed by atoms with van der Waals surface area (Å²) < 4.78 is 2.86. The molecule has 0 aliphatic heterocycles. The molecule has 0 saturated heterocycles. The topological polar surface area (TPSA) is 43.8 Å². The molecule has 0 bridgehead atoms. The van der Waals surface area contributed by atoms with E-state index in [1.54, 1.807) is 0 Å². The number of halogens is 2. The van der Waals surface area contributed by atoms with Crippen molar-refractivity contribution in [2.75, 3.05) is 0 Å². The molecule has 5 heteroatoms. The van der Waals surface area contributed by atoms with Crippen molar-refractivity contribution in [3.63, 3.8) is 0 Å². The van der Waals surface area contributed by atoms with Crippen LogP contribution in [0.1, 0.15) is 30.8 Å². The lowest BCUT2D eigenvalue weighted by molar-refractivity contribution is 0.472. The normalized spacial score (nSPS) is 14.3. The number of hydrogen-bond donors (Lipinski definition) is 1. The number of benzene rings is 1. The predicted octanol–water partition coefficient (Wildman–Crippen LogP) is 3.82. The van der Waals surface area contributed by atoms with E-state index in [1.807, 2.05) is 49.8 Å². The molecule has 108 valence electrons. The number of rotatable bonds is 4. The SMILES string of the molecule is CCc1nn(C)c(CC(C)(N)c2cccc(Br)c2)c1Cl. The molecule has 1 aromatic carbocycles. The minimum Gasteiger partial charge on any atom is -0.321 e. The lowest BCUT2D eigenvalue weighted by atomic mass is 9.88. The number of nitrogens with zero attached hydrogens (tertiary/aromatic N) is 2. The third kappa shape index (κ3) is 3.08. The van der Waals surface area contributed by atoms with Crippen LogP contribution < -0.4 is 5.73 Å². The summed E-state index contributed by atoms with van der Waals surface area (Å²) in [6, 6.07) is 8.07. The van der Waals surface area contributed by atoms with Crippen molar-refractivity contribution in [3.8, 4) is 0 Å². The molecule has 1 aromatic heterocycles. The van der Waals surface area contributed by atoms with Crippen LogP contribution in [0.3, 0.4) is 0 Å². The Labute approximate surface area is 133 Å². The summed E-state index contributed by atoms with van der Waals surface area (Å²) in [6.45, 7) is 4.07. The summed E-state index contributed by atoms with van der Waals surface area (Å²) in [5.74, 6) is 0. The first-order valence-electron chi connectivity index (χ1n) is 6.60. The molecule has 2 rings (SSSR count). The van der Waals surface area contributed by atoms with Crippen LogP contribution in [0.25, 0.3) is 0 Å². The van der Waals surface area contributed by atoms with Crippen molar-refractivity contribution in [2.45, 2.75) is 32.2 Å². The van der Waals surface area contributed by atoms with Crippen LogP contribution in [0.4, 0.5) is 0 Å². The highest BCUT2D eigenvalue weighted by atomic mass is 79.9. The Balaban J connectivity index is 2.35. The van der Waals surface area contributed by atoms with Crippen LogP contribution in [-0.2, 0) is 25.4 Å². The molecule has 0 aliphatic rings. The van der Waals surface area contributed by atoms with Gasteiger partial charge >= 0.3 is 0 Å². The van der Waals surface area contributed by atoms with Crippen LogP contribution in [-0.4, -0.2) is 9.78 Å². The molecular formula is C15H19BrClN3. The first-order chi connectivity index (χ1) is 9.35. The van der Waals surface area contributed by atoms with Crippen molar-refractivity contribution in [3.05, 3.63) is 50.7 Å². The Morgan fingerprint density at radius 1 is 1.45 bits per heavy atom. The molecule has 0 radical (unpaired) electrons. The molecule has 3 nitrogen and oxygen atoms in total. The minimum absolute atomic E-state index is 0.494. The second-order valence-electron chi connectivity index (χ2n) is 5.29. The zero-order valence-electron chi connectivity index (χ0n) is 12.0. The Kier molecular flexibility index (Phi) is 4.57. The molecule has 1 unspecified atom stereocenters. The quantitative estimate of drug-likeness (QED) is 0.905. The maximum absolute atomic E-state index is 6.51. The summed E-state index contributed by atoms with van der Waals surface area (Å²) in [7, 11) is 1.91. The fourth-order valence-corrected chi connectivity index (χ4v) is 3.07. The zero-order chi connectivity index (χ0) is 14.9. The van der Waals surface area contributed by atoms with Gasteiger partial charge in [0, 0.05) is 23.5 Å². The van der Waals surface area contributed by atoms with Gasteiger partial charge in [-0.15, -0.1) is 0 Å². The highest BCUT2D eigenvalue weighted by Crippen LogP contribution is 2.29. The Hall–Kier alpha value is -0.840. The van der Waals surface area contributed by atoms with Crippen LogP contribution in [0, 0.1) is 0 Å². The van der Waals surface area contributed by atoms with E-state index in [0.29, 0.717) is 6.42 Å². The van der Waals surface area contributed by atoms with E-state index in [4.69, 9.17) is 17.3 Å². The Morgan fingerprint density at radius 3 is 2.70 bits per heavy atom. The number of aryl methyl sites for hydroxylation is 2. The van der Waals surface area contributed by atoms with E-state index in [0.717, 1.165) is 32.9 Å². The van der Waals surface area contributed by atoms with Crippen molar-refractivity contribution < 1.29 is 0 Å².